The first-order valence-electron chi connectivity index (χ1n) is 11.8. The summed E-state index contributed by atoms with van der Waals surface area (Å²) >= 11 is 0. The highest BCUT2D eigenvalue weighted by atomic mass is 15.4. The zero-order chi connectivity index (χ0) is 22.5. The van der Waals surface area contributed by atoms with E-state index >= 15 is 0 Å². The van der Waals surface area contributed by atoms with Crippen LogP contribution in [0.2, 0.25) is 0 Å². The summed E-state index contributed by atoms with van der Waals surface area (Å²) in [6.07, 6.45) is 7.16. The monoisotopic (exact) mass is 423 g/mol. The number of rotatable bonds is 4. The molecule has 5 rings (SSSR count). The van der Waals surface area contributed by atoms with Crippen LogP contribution in [0.5, 0.6) is 0 Å². The van der Waals surface area contributed by atoms with Gasteiger partial charge in [-0.2, -0.15) is 0 Å². The Balaban J connectivity index is 1.50. The Labute approximate surface area is 192 Å². The molecule has 0 unspecified atom stereocenters. The van der Waals surface area contributed by atoms with E-state index in [2.05, 4.69) is 128 Å². The second-order valence-electron chi connectivity index (χ2n) is 9.31. The van der Waals surface area contributed by atoms with Gasteiger partial charge >= 0.3 is 0 Å². The summed E-state index contributed by atoms with van der Waals surface area (Å²) in [5.41, 5.74) is 6.71. The second kappa shape index (κ2) is 7.74. The first kappa shape index (κ1) is 20.7. The van der Waals surface area contributed by atoms with Gasteiger partial charge in [0.1, 0.15) is 6.17 Å². The van der Waals surface area contributed by atoms with E-state index in [-0.39, 0.29) is 11.6 Å². The molecule has 0 atom stereocenters. The fraction of sp³-hybridized carbons (Fsp3) is 0.310. The molecule has 2 aliphatic heterocycles. The molecule has 3 aromatic carbocycles. The predicted octanol–water partition coefficient (Wildman–Crippen LogP) is 6.70. The molecule has 164 valence electrons. The van der Waals surface area contributed by atoms with E-state index in [9.17, 15) is 0 Å². The molecule has 0 fully saturated rings. The topological polar surface area (TPSA) is 9.72 Å². The summed E-state index contributed by atoms with van der Waals surface area (Å²) in [4.78, 5) is 7.36. The number of hydrogen-bond acceptors (Lipinski definition) is 3. The van der Waals surface area contributed by atoms with Crippen LogP contribution in [0, 0.1) is 0 Å². The Morgan fingerprint density at radius 2 is 1.38 bits per heavy atom. The molecular weight excluding hydrogens is 390 g/mol. The minimum Gasteiger partial charge on any atom is -0.347 e. The van der Waals surface area contributed by atoms with Crippen LogP contribution < -0.4 is 14.7 Å². The van der Waals surface area contributed by atoms with E-state index in [4.69, 9.17) is 0 Å². The van der Waals surface area contributed by atoms with Crippen molar-refractivity contribution in [3.63, 3.8) is 0 Å². The number of hydrogen-bond donors (Lipinski definition) is 0. The molecule has 32 heavy (non-hydrogen) atoms. The van der Waals surface area contributed by atoms with Crippen molar-refractivity contribution in [1.82, 2.24) is 0 Å². The molecule has 0 saturated carbocycles. The largest absolute Gasteiger partial charge is 0.347 e. The third-order valence-corrected chi connectivity index (χ3v) is 7.26. The molecule has 2 aliphatic rings. The summed E-state index contributed by atoms with van der Waals surface area (Å²) in [6.45, 7) is 11.1. The molecule has 0 amide bonds. The third kappa shape index (κ3) is 3.02. The van der Waals surface area contributed by atoms with Gasteiger partial charge < -0.3 is 14.7 Å². The van der Waals surface area contributed by atoms with Crippen molar-refractivity contribution < 1.29 is 0 Å². The maximum absolute atomic E-state index is 2.51. The van der Waals surface area contributed by atoms with Crippen molar-refractivity contribution in [2.24, 2.45) is 0 Å². The van der Waals surface area contributed by atoms with Gasteiger partial charge in [0.2, 0.25) is 0 Å². The minimum atomic E-state index is 0.000926. The van der Waals surface area contributed by atoms with E-state index in [1.165, 1.54) is 39.1 Å². The Morgan fingerprint density at radius 3 is 1.94 bits per heavy atom. The number of likely N-dealkylation sites (N-methyl/N-ethyl adjacent to an activating group) is 3. The molecule has 3 nitrogen and oxygen atoms in total. The Morgan fingerprint density at radius 1 is 0.812 bits per heavy atom. The van der Waals surface area contributed by atoms with Crippen molar-refractivity contribution in [3.05, 3.63) is 90.2 Å². The van der Waals surface area contributed by atoms with Crippen molar-refractivity contribution >= 4 is 27.8 Å². The SMILES string of the molecule is CCN1c2cc3ccccc3cc2N(CC)C1C=CC=C1N(C)c2ccccc2C1(C)C. The minimum absolute atomic E-state index is 0.000926. The number of nitrogens with zero attached hydrogens (tertiary/aromatic N) is 3. The quantitative estimate of drug-likeness (QED) is 0.462. The molecule has 0 aromatic heterocycles. The second-order valence-corrected chi connectivity index (χ2v) is 9.31. The van der Waals surface area contributed by atoms with Crippen LogP contribution in [0.15, 0.2) is 84.6 Å². The zero-order valence-electron chi connectivity index (χ0n) is 19.8. The van der Waals surface area contributed by atoms with Gasteiger partial charge in [-0.1, -0.05) is 62.4 Å². The first-order chi connectivity index (χ1) is 15.5. The maximum atomic E-state index is 2.51. The van der Waals surface area contributed by atoms with Crippen LogP contribution in [-0.2, 0) is 5.41 Å². The summed E-state index contributed by atoms with van der Waals surface area (Å²) in [5, 5.41) is 2.61. The molecule has 0 bridgehead atoms. The summed E-state index contributed by atoms with van der Waals surface area (Å²) in [6, 6.07) is 22.1. The normalized spacial score (nSPS) is 18.9. The predicted molar refractivity (Wildman–Crippen MR) is 139 cm³/mol. The fourth-order valence-electron chi connectivity index (χ4n) is 5.60. The highest BCUT2D eigenvalue weighted by molar-refractivity contribution is 5.95. The van der Waals surface area contributed by atoms with Crippen molar-refractivity contribution in [3.8, 4) is 0 Å². The average Bonchev–Trinajstić information content (AvgIpc) is 3.20. The lowest BCUT2D eigenvalue weighted by atomic mass is 9.84. The van der Waals surface area contributed by atoms with Gasteiger partial charge in [-0.15, -0.1) is 0 Å². The molecule has 0 spiro atoms. The van der Waals surface area contributed by atoms with E-state index in [1.54, 1.807) is 0 Å². The van der Waals surface area contributed by atoms with Crippen molar-refractivity contribution in [2.75, 3.05) is 34.8 Å². The molecule has 0 aliphatic carbocycles. The lowest BCUT2D eigenvalue weighted by molar-refractivity contribution is 0.640. The lowest BCUT2D eigenvalue weighted by Crippen LogP contribution is -2.41. The highest BCUT2D eigenvalue weighted by Crippen LogP contribution is 2.47. The van der Waals surface area contributed by atoms with Crippen LogP contribution in [0.3, 0.4) is 0 Å². The zero-order valence-corrected chi connectivity index (χ0v) is 19.8. The standard InChI is InChI=1S/C29H33N3/c1-6-31-25-19-21-13-8-9-14-22(21)20-26(25)32(7-2)28(31)18-12-17-27-29(3,4)23-15-10-11-16-24(23)30(27)5/h8-20,28H,6-7H2,1-5H3. The molecule has 0 N–H and O–H groups in total. The number of fused-ring (bicyclic) bond motifs is 3. The molecule has 2 heterocycles. The maximum Gasteiger partial charge on any atom is 0.121 e. The van der Waals surface area contributed by atoms with Gasteiger partial charge in [0, 0.05) is 36.9 Å². The van der Waals surface area contributed by atoms with Crippen LogP contribution in [-0.4, -0.2) is 26.3 Å². The lowest BCUT2D eigenvalue weighted by Gasteiger charge is -2.29. The van der Waals surface area contributed by atoms with Crippen LogP contribution in [0.1, 0.15) is 33.3 Å². The van der Waals surface area contributed by atoms with Crippen molar-refractivity contribution in [1.29, 1.82) is 0 Å². The number of benzene rings is 3. The van der Waals surface area contributed by atoms with Crippen LogP contribution in [0.25, 0.3) is 10.8 Å². The van der Waals surface area contributed by atoms with Gasteiger partial charge in [-0.25, -0.2) is 0 Å². The Kier molecular flexibility index (Phi) is 5.00. The van der Waals surface area contributed by atoms with Gasteiger partial charge in [0.05, 0.1) is 11.4 Å². The molecule has 3 aromatic rings. The van der Waals surface area contributed by atoms with E-state index in [1.807, 2.05) is 0 Å². The van der Waals surface area contributed by atoms with Gasteiger partial charge in [0.25, 0.3) is 0 Å². The summed E-state index contributed by atoms with van der Waals surface area (Å²) in [5.74, 6) is 0. The molecule has 0 saturated heterocycles. The fourth-order valence-corrected chi connectivity index (χ4v) is 5.60. The molecular formula is C29H33N3. The average molecular weight is 424 g/mol. The Hall–Kier alpha value is -3.20. The molecule has 0 radical (unpaired) electrons. The van der Waals surface area contributed by atoms with Gasteiger partial charge in [0.15, 0.2) is 0 Å². The summed E-state index contributed by atoms with van der Waals surface area (Å²) in [7, 11) is 2.18. The number of allylic oxidation sites excluding steroid dienone is 3. The summed E-state index contributed by atoms with van der Waals surface area (Å²) < 4.78 is 0. The van der Waals surface area contributed by atoms with Gasteiger partial charge in [-0.05, 0) is 60.5 Å². The number of para-hydroxylation sites is 1. The molecule has 3 heteroatoms. The Bertz CT molecular complexity index is 1170. The van der Waals surface area contributed by atoms with E-state index in [0.29, 0.717) is 0 Å². The third-order valence-electron chi connectivity index (χ3n) is 7.26. The van der Waals surface area contributed by atoms with Crippen LogP contribution in [0.4, 0.5) is 17.1 Å². The van der Waals surface area contributed by atoms with Crippen LogP contribution >= 0.6 is 0 Å². The van der Waals surface area contributed by atoms with E-state index in [0.717, 1.165) is 13.1 Å². The van der Waals surface area contributed by atoms with Crippen molar-refractivity contribution in [2.45, 2.75) is 39.3 Å². The number of anilines is 3. The highest BCUT2D eigenvalue weighted by Gasteiger charge is 2.38. The van der Waals surface area contributed by atoms with Gasteiger partial charge in [-0.3, -0.25) is 0 Å². The van der Waals surface area contributed by atoms with E-state index < -0.39 is 0 Å². The first-order valence-corrected chi connectivity index (χ1v) is 11.8. The smallest absolute Gasteiger partial charge is 0.121 e.